The third-order valence-corrected chi connectivity index (χ3v) is 5.37. The van der Waals surface area contributed by atoms with Crippen LogP contribution in [-0.4, -0.2) is 60.5 Å². The van der Waals surface area contributed by atoms with Gasteiger partial charge >= 0.3 is 12.1 Å². The van der Waals surface area contributed by atoms with Crippen LogP contribution < -0.4 is 20.9 Å². The lowest BCUT2D eigenvalue weighted by Gasteiger charge is -2.30. The van der Waals surface area contributed by atoms with Gasteiger partial charge in [0.2, 0.25) is 5.75 Å². The van der Waals surface area contributed by atoms with Crippen LogP contribution in [0.3, 0.4) is 0 Å². The number of ether oxygens (including phenoxy) is 1. The predicted molar refractivity (Wildman–Crippen MR) is 115 cm³/mol. The van der Waals surface area contributed by atoms with Crippen molar-refractivity contribution in [3.05, 3.63) is 61.8 Å². The average Bonchev–Trinajstić information content (AvgIpc) is 2.78. The molecule has 2 amide bonds. The van der Waals surface area contributed by atoms with E-state index in [2.05, 4.69) is 20.4 Å². The molecule has 1 aliphatic rings. The number of pyridine rings is 1. The molecule has 0 fully saturated rings. The summed E-state index contributed by atoms with van der Waals surface area (Å²) in [6, 6.07) is 3.70. The van der Waals surface area contributed by atoms with Gasteiger partial charge < -0.3 is 25.3 Å². The maximum Gasteiger partial charge on any atom is 0.491 e. The maximum atomic E-state index is 13.5. The zero-order chi connectivity index (χ0) is 25.9. The van der Waals surface area contributed by atoms with E-state index in [9.17, 15) is 36.7 Å². The second-order valence-electron chi connectivity index (χ2n) is 7.48. The number of H-pyrrole nitrogens is 1. The molecule has 1 aromatic carbocycles. The van der Waals surface area contributed by atoms with E-state index in [-0.39, 0.29) is 42.3 Å². The Morgan fingerprint density at radius 1 is 1.23 bits per heavy atom. The number of rotatable bonds is 7. The SMILES string of the molecule is CNCCNC(=O)c1[nH]c(=O)c(OC(=O)C(F)(F)F)c2c1CCN(Cc1ccc(F)c(Cl)c1)C2=O. The number of halogens is 5. The van der Waals surface area contributed by atoms with E-state index in [1.807, 2.05) is 0 Å². The number of hydrogen-bond donors (Lipinski definition) is 3. The van der Waals surface area contributed by atoms with Crippen molar-refractivity contribution in [2.45, 2.75) is 19.1 Å². The Hall–Kier alpha value is -3.45. The number of alkyl halides is 3. The predicted octanol–water partition coefficient (Wildman–Crippen LogP) is 1.78. The van der Waals surface area contributed by atoms with Crippen molar-refractivity contribution in [2.24, 2.45) is 0 Å². The van der Waals surface area contributed by atoms with Crippen LogP contribution >= 0.6 is 11.6 Å². The molecule has 35 heavy (non-hydrogen) atoms. The average molecular weight is 519 g/mol. The Morgan fingerprint density at radius 2 is 1.94 bits per heavy atom. The van der Waals surface area contributed by atoms with E-state index < -0.39 is 46.6 Å². The molecular formula is C21H19ClF4N4O5. The minimum atomic E-state index is -5.44. The first kappa shape index (κ1) is 26.2. The molecule has 0 saturated carbocycles. The maximum absolute atomic E-state index is 13.5. The molecule has 188 valence electrons. The Kier molecular flexibility index (Phi) is 7.80. The Morgan fingerprint density at radius 3 is 2.57 bits per heavy atom. The first-order valence-electron chi connectivity index (χ1n) is 10.2. The molecule has 0 radical (unpaired) electrons. The Balaban J connectivity index is 2.05. The van der Waals surface area contributed by atoms with Gasteiger partial charge in [-0.25, -0.2) is 9.18 Å². The number of carbonyl (C=O) groups is 3. The van der Waals surface area contributed by atoms with Gasteiger partial charge in [0, 0.05) is 26.2 Å². The number of aromatic amines is 1. The summed E-state index contributed by atoms with van der Waals surface area (Å²) in [5.41, 5.74) is -2.00. The van der Waals surface area contributed by atoms with Crippen molar-refractivity contribution in [1.82, 2.24) is 20.5 Å². The van der Waals surface area contributed by atoms with Gasteiger partial charge in [-0.15, -0.1) is 0 Å². The van der Waals surface area contributed by atoms with Crippen LogP contribution in [0.4, 0.5) is 17.6 Å². The first-order chi connectivity index (χ1) is 16.4. The Bertz CT molecular complexity index is 1230. The summed E-state index contributed by atoms with van der Waals surface area (Å²) in [5, 5.41) is 5.09. The summed E-state index contributed by atoms with van der Waals surface area (Å²) >= 11 is 5.77. The molecule has 0 atom stereocenters. The first-order valence-corrected chi connectivity index (χ1v) is 10.6. The Labute approximate surface area is 200 Å². The number of nitrogens with one attached hydrogen (secondary N) is 3. The normalized spacial score (nSPS) is 13.4. The van der Waals surface area contributed by atoms with E-state index in [4.69, 9.17) is 11.6 Å². The number of hydrogen-bond acceptors (Lipinski definition) is 6. The van der Waals surface area contributed by atoms with E-state index in [0.29, 0.717) is 12.1 Å². The molecule has 2 heterocycles. The molecule has 14 heteroatoms. The lowest BCUT2D eigenvalue weighted by Crippen LogP contribution is -2.42. The van der Waals surface area contributed by atoms with E-state index in [0.717, 1.165) is 11.0 Å². The standard InChI is InChI=1S/C21H19ClF4N4O5/c1-27-5-6-28-17(31)15-11-4-7-30(9-10-2-3-13(23)12(22)8-10)19(33)14(11)16(18(32)29-15)35-20(34)21(24,25)26/h2-3,8,27H,4-7,9H2,1H3,(H,28,31)(H,29,32). The summed E-state index contributed by atoms with van der Waals surface area (Å²) < 4.78 is 56.2. The highest BCUT2D eigenvalue weighted by Gasteiger charge is 2.43. The number of esters is 1. The van der Waals surface area contributed by atoms with E-state index in [1.165, 1.54) is 12.1 Å². The van der Waals surface area contributed by atoms with Crippen molar-refractivity contribution in [1.29, 1.82) is 0 Å². The topological polar surface area (TPSA) is 121 Å². The zero-order valence-corrected chi connectivity index (χ0v) is 18.9. The van der Waals surface area contributed by atoms with Crippen molar-refractivity contribution in [2.75, 3.05) is 26.7 Å². The largest absolute Gasteiger partial charge is 0.491 e. The van der Waals surface area contributed by atoms with Gasteiger partial charge in [0.15, 0.2) is 0 Å². The van der Waals surface area contributed by atoms with Crippen molar-refractivity contribution >= 4 is 29.4 Å². The molecule has 1 aliphatic heterocycles. The minimum absolute atomic E-state index is 0.00365. The van der Waals surface area contributed by atoms with Gasteiger partial charge in [0.1, 0.15) is 11.5 Å². The second-order valence-corrected chi connectivity index (χ2v) is 7.89. The van der Waals surface area contributed by atoms with Crippen LogP contribution in [-0.2, 0) is 17.8 Å². The van der Waals surface area contributed by atoms with Crippen LogP contribution in [0.5, 0.6) is 5.75 Å². The molecule has 0 spiro atoms. The van der Waals surface area contributed by atoms with Gasteiger partial charge in [0.05, 0.1) is 10.6 Å². The fourth-order valence-corrected chi connectivity index (χ4v) is 3.65. The zero-order valence-electron chi connectivity index (χ0n) is 18.1. The summed E-state index contributed by atoms with van der Waals surface area (Å²) in [6.07, 6.45) is -5.50. The molecule has 0 bridgehead atoms. The summed E-state index contributed by atoms with van der Waals surface area (Å²) in [6.45, 7) is 0.395. The number of carbonyl (C=O) groups excluding carboxylic acids is 3. The van der Waals surface area contributed by atoms with Crippen LogP contribution in [0, 0.1) is 5.82 Å². The van der Waals surface area contributed by atoms with Gasteiger partial charge in [0.25, 0.3) is 17.4 Å². The molecule has 2 aromatic rings. The third-order valence-electron chi connectivity index (χ3n) is 5.08. The molecular weight excluding hydrogens is 500 g/mol. The lowest BCUT2D eigenvalue weighted by molar-refractivity contribution is -0.189. The lowest BCUT2D eigenvalue weighted by atomic mass is 9.95. The number of likely N-dealkylation sites (N-methyl/N-ethyl adjacent to an activating group) is 1. The number of nitrogens with zero attached hydrogens (tertiary/aromatic N) is 1. The number of amides is 2. The smallest absolute Gasteiger partial charge is 0.413 e. The molecule has 0 saturated heterocycles. The van der Waals surface area contributed by atoms with Gasteiger partial charge in [-0.05, 0) is 36.7 Å². The summed E-state index contributed by atoms with van der Waals surface area (Å²) in [4.78, 5) is 53.2. The highest BCUT2D eigenvalue weighted by Crippen LogP contribution is 2.30. The van der Waals surface area contributed by atoms with Crippen molar-refractivity contribution in [3.8, 4) is 5.75 Å². The molecule has 1 aromatic heterocycles. The molecule has 0 unspecified atom stereocenters. The molecule has 3 N–H and O–H groups in total. The van der Waals surface area contributed by atoms with Gasteiger partial charge in [-0.1, -0.05) is 17.7 Å². The highest BCUT2D eigenvalue weighted by molar-refractivity contribution is 6.30. The molecule has 3 rings (SSSR count). The summed E-state index contributed by atoms with van der Waals surface area (Å²) in [7, 11) is 1.64. The number of benzene rings is 1. The van der Waals surface area contributed by atoms with Crippen LogP contribution in [0.25, 0.3) is 0 Å². The quantitative estimate of drug-likeness (QED) is 0.292. The fraction of sp³-hybridized carbons (Fsp3) is 0.333. The molecule has 0 aliphatic carbocycles. The van der Waals surface area contributed by atoms with E-state index >= 15 is 0 Å². The van der Waals surface area contributed by atoms with E-state index in [1.54, 1.807) is 7.05 Å². The minimum Gasteiger partial charge on any atom is -0.413 e. The van der Waals surface area contributed by atoms with Gasteiger partial charge in [-0.3, -0.25) is 14.4 Å². The second kappa shape index (κ2) is 10.4. The third kappa shape index (κ3) is 5.80. The molecule has 9 nitrogen and oxygen atoms in total. The number of aromatic nitrogens is 1. The fourth-order valence-electron chi connectivity index (χ4n) is 3.44. The monoisotopic (exact) mass is 518 g/mol. The van der Waals surface area contributed by atoms with Crippen molar-refractivity contribution in [3.63, 3.8) is 0 Å². The van der Waals surface area contributed by atoms with Crippen LogP contribution in [0.1, 0.15) is 32.0 Å². The van der Waals surface area contributed by atoms with Crippen LogP contribution in [0.2, 0.25) is 5.02 Å². The van der Waals surface area contributed by atoms with Crippen LogP contribution in [0.15, 0.2) is 23.0 Å². The summed E-state index contributed by atoms with van der Waals surface area (Å²) in [5.74, 6) is -6.28. The number of fused-ring (bicyclic) bond motifs is 1. The van der Waals surface area contributed by atoms with Crippen molar-refractivity contribution < 1.29 is 36.7 Å². The highest BCUT2D eigenvalue weighted by atomic mass is 35.5. The van der Waals surface area contributed by atoms with Gasteiger partial charge in [-0.2, -0.15) is 13.2 Å².